The van der Waals surface area contributed by atoms with Crippen molar-refractivity contribution in [3.63, 3.8) is 0 Å². The summed E-state index contributed by atoms with van der Waals surface area (Å²) in [4.78, 5) is 15.8. The Hall–Kier alpha value is -2.55. The molecule has 0 radical (unpaired) electrons. The van der Waals surface area contributed by atoms with Crippen LogP contribution in [0.3, 0.4) is 0 Å². The van der Waals surface area contributed by atoms with E-state index in [-0.39, 0.29) is 11.8 Å². The van der Waals surface area contributed by atoms with Gasteiger partial charge in [-0.15, -0.1) is 0 Å². The summed E-state index contributed by atoms with van der Waals surface area (Å²) in [5, 5.41) is 4.32. The van der Waals surface area contributed by atoms with E-state index in [1.54, 1.807) is 0 Å². The number of H-pyrrole nitrogens is 1. The SMILES string of the molecule is Cc1ccc([C@H](CC(=O)NC2CC2)c2c[nH]c3ccccc23)cc1. The molecule has 0 unspecified atom stereocenters. The lowest BCUT2D eigenvalue weighted by molar-refractivity contribution is -0.121. The first-order valence-electron chi connectivity index (χ1n) is 8.62. The first-order chi connectivity index (χ1) is 11.7. The number of rotatable bonds is 5. The smallest absolute Gasteiger partial charge is 0.221 e. The number of aromatic amines is 1. The van der Waals surface area contributed by atoms with E-state index < -0.39 is 0 Å². The van der Waals surface area contributed by atoms with Gasteiger partial charge in [-0.25, -0.2) is 0 Å². The minimum Gasteiger partial charge on any atom is -0.361 e. The molecule has 1 fully saturated rings. The standard InChI is InChI=1S/C21H22N2O/c1-14-6-8-15(9-7-14)18(12-21(24)23-16-10-11-16)19-13-22-20-5-3-2-4-17(19)20/h2-9,13,16,18,22H,10-12H2,1H3,(H,23,24)/t18-/m0/s1. The van der Waals surface area contributed by atoms with Crippen LogP contribution in [0, 0.1) is 6.92 Å². The van der Waals surface area contributed by atoms with Gasteiger partial charge < -0.3 is 10.3 Å². The molecule has 1 aliphatic carbocycles. The summed E-state index contributed by atoms with van der Waals surface area (Å²) in [6.07, 6.45) is 4.78. The van der Waals surface area contributed by atoms with Crippen LogP contribution in [0.15, 0.2) is 54.7 Å². The molecular formula is C21H22N2O. The number of hydrogen-bond acceptors (Lipinski definition) is 1. The fourth-order valence-electron chi connectivity index (χ4n) is 3.29. The maximum Gasteiger partial charge on any atom is 0.221 e. The van der Waals surface area contributed by atoms with Crippen molar-refractivity contribution >= 4 is 16.8 Å². The summed E-state index contributed by atoms with van der Waals surface area (Å²) in [5.41, 5.74) is 4.74. The summed E-state index contributed by atoms with van der Waals surface area (Å²) in [6, 6.07) is 17.2. The molecule has 1 aromatic heterocycles. The van der Waals surface area contributed by atoms with E-state index in [0.717, 1.165) is 18.4 Å². The number of carbonyl (C=O) groups is 1. The van der Waals surface area contributed by atoms with Crippen LogP contribution in [0.5, 0.6) is 0 Å². The molecule has 0 spiro atoms. The molecule has 3 heteroatoms. The highest BCUT2D eigenvalue weighted by molar-refractivity contribution is 5.86. The zero-order valence-electron chi connectivity index (χ0n) is 13.9. The monoisotopic (exact) mass is 318 g/mol. The largest absolute Gasteiger partial charge is 0.361 e. The predicted octanol–water partition coefficient (Wildman–Crippen LogP) is 4.28. The summed E-state index contributed by atoms with van der Waals surface area (Å²) < 4.78 is 0. The van der Waals surface area contributed by atoms with E-state index in [1.165, 1.54) is 22.1 Å². The van der Waals surface area contributed by atoms with Gasteiger partial charge in [0.15, 0.2) is 0 Å². The second-order valence-corrected chi connectivity index (χ2v) is 6.80. The van der Waals surface area contributed by atoms with Gasteiger partial charge in [0.1, 0.15) is 0 Å². The van der Waals surface area contributed by atoms with Crippen LogP contribution in [-0.4, -0.2) is 16.9 Å². The molecule has 0 saturated heterocycles. The molecule has 2 N–H and O–H groups in total. The van der Waals surface area contributed by atoms with Crippen molar-refractivity contribution in [2.45, 2.75) is 38.1 Å². The van der Waals surface area contributed by atoms with E-state index in [2.05, 4.69) is 65.9 Å². The quantitative estimate of drug-likeness (QED) is 0.725. The molecule has 0 bridgehead atoms. The third-order valence-corrected chi connectivity index (χ3v) is 4.81. The molecule has 3 nitrogen and oxygen atoms in total. The van der Waals surface area contributed by atoms with Gasteiger partial charge in [0.2, 0.25) is 5.91 Å². The molecular weight excluding hydrogens is 296 g/mol. The Labute approximate surface area is 142 Å². The van der Waals surface area contributed by atoms with Gasteiger partial charge >= 0.3 is 0 Å². The Kier molecular flexibility index (Phi) is 3.85. The molecule has 1 amide bonds. The van der Waals surface area contributed by atoms with Gasteiger partial charge in [0.05, 0.1) is 0 Å². The van der Waals surface area contributed by atoms with E-state index in [1.807, 2.05) is 6.07 Å². The number of benzene rings is 2. The molecule has 4 rings (SSSR count). The first-order valence-corrected chi connectivity index (χ1v) is 8.62. The maximum absolute atomic E-state index is 12.5. The number of aryl methyl sites for hydroxylation is 1. The Morgan fingerprint density at radius 1 is 1.17 bits per heavy atom. The molecule has 1 atom stereocenters. The topological polar surface area (TPSA) is 44.9 Å². The third-order valence-electron chi connectivity index (χ3n) is 4.81. The molecule has 122 valence electrons. The van der Waals surface area contributed by atoms with Crippen LogP contribution in [0.4, 0.5) is 0 Å². The molecule has 1 heterocycles. The second kappa shape index (κ2) is 6.16. The van der Waals surface area contributed by atoms with Crippen LogP contribution < -0.4 is 5.32 Å². The number of fused-ring (bicyclic) bond motifs is 1. The molecule has 0 aliphatic heterocycles. The number of para-hydroxylation sites is 1. The third kappa shape index (κ3) is 3.07. The van der Waals surface area contributed by atoms with Gasteiger partial charge in [-0.2, -0.15) is 0 Å². The van der Waals surface area contributed by atoms with Crippen LogP contribution in [-0.2, 0) is 4.79 Å². The normalized spacial score (nSPS) is 15.4. The zero-order chi connectivity index (χ0) is 16.5. The van der Waals surface area contributed by atoms with E-state index in [0.29, 0.717) is 12.5 Å². The minimum absolute atomic E-state index is 0.0699. The van der Waals surface area contributed by atoms with Gasteiger partial charge in [-0.05, 0) is 37.0 Å². The number of nitrogens with one attached hydrogen (secondary N) is 2. The van der Waals surface area contributed by atoms with Gasteiger partial charge in [-0.3, -0.25) is 4.79 Å². The molecule has 1 saturated carbocycles. The lowest BCUT2D eigenvalue weighted by atomic mass is 9.87. The Morgan fingerprint density at radius 3 is 2.67 bits per heavy atom. The van der Waals surface area contributed by atoms with Crippen molar-refractivity contribution in [1.82, 2.24) is 10.3 Å². The number of aromatic nitrogens is 1. The summed E-state index contributed by atoms with van der Waals surface area (Å²) in [5.74, 6) is 0.217. The Morgan fingerprint density at radius 2 is 1.92 bits per heavy atom. The van der Waals surface area contributed by atoms with Crippen molar-refractivity contribution in [2.75, 3.05) is 0 Å². The van der Waals surface area contributed by atoms with Crippen molar-refractivity contribution in [3.8, 4) is 0 Å². The van der Waals surface area contributed by atoms with E-state index in [9.17, 15) is 4.79 Å². The second-order valence-electron chi connectivity index (χ2n) is 6.80. The number of hydrogen-bond donors (Lipinski definition) is 2. The fourth-order valence-corrected chi connectivity index (χ4v) is 3.29. The van der Waals surface area contributed by atoms with Gasteiger partial charge in [-0.1, -0.05) is 48.0 Å². The summed E-state index contributed by atoms with van der Waals surface area (Å²) in [6.45, 7) is 2.09. The predicted molar refractivity (Wildman–Crippen MR) is 97.1 cm³/mol. The first kappa shape index (κ1) is 15.0. The molecule has 3 aromatic rings. The highest BCUT2D eigenvalue weighted by Crippen LogP contribution is 2.34. The summed E-state index contributed by atoms with van der Waals surface area (Å²) in [7, 11) is 0. The average molecular weight is 318 g/mol. The van der Waals surface area contributed by atoms with Crippen molar-refractivity contribution in [1.29, 1.82) is 0 Å². The van der Waals surface area contributed by atoms with Crippen molar-refractivity contribution < 1.29 is 4.79 Å². The maximum atomic E-state index is 12.5. The van der Waals surface area contributed by atoms with Crippen LogP contribution in [0.2, 0.25) is 0 Å². The van der Waals surface area contributed by atoms with E-state index in [4.69, 9.17) is 0 Å². The summed E-state index contributed by atoms with van der Waals surface area (Å²) >= 11 is 0. The highest BCUT2D eigenvalue weighted by atomic mass is 16.1. The number of carbonyl (C=O) groups excluding carboxylic acids is 1. The fraction of sp³-hybridized carbons (Fsp3) is 0.286. The van der Waals surface area contributed by atoms with Gasteiger partial charge in [0, 0.05) is 35.5 Å². The van der Waals surface area contributed by atoms with Crippen LogP contribution in [0.1, 0.15) is 41.9 Å². The van der Waals surface area contributed by atoms with Crippen molar-refractivity contribution in [2.24, 2.45) is 0 Å². The average Bonchev–Trinajstić information content (AvgIpc) is 3.30. The minimum atomic E-state index is 0.0699. The lowest BCUT2D eigenvalue weighted by Crippen LogP contribution is -2.27. The molecule has 1 aliphatic rings. The van der Waals surface area contributed by atoms with Crippen LogP contribution in [0.25, 0.3) is 10.9 Å². The molecule has 2 aromatic carbocycles. The van der Waals surface area contributed by atoms with Gasteiger partial charge in [0.25, 0.3) is 0 Å². The van der Waals surface area contributed by atoms with E-state index >= 15 is 0 Å². The highest BCUT2D eigenvalue weighted by Gasteiger charge is 2.26. The Balaban J connectivity index is 1.71. The Bertz CT molecular complexity index is 859. The number of amides is 1. The van der Waals surface area contributed by atoms with Crippen LogP contribution >= 0.6 is 0 Å². The lowest BCUT2D eigenvalue weighted by Gasteiger charge is -2.17. The zero-order valence-corrected chi connectivity index (χ0v) is 13.9. The van der Waals surface area contributed by atoms with Crippen molar-refractivity contribution in [3.05, 3.63) is 71.4 Å². The molecule has 24 heavy (non-hydrogen) atoms.